The third kappa shape index (κ3) is 3.81. The highest BCUT2D eigenvalue weighted by Crippen LogP contribution is 2.31. The molecule has 1 aliphatic heterocycles. The number of anilines is 1. The lowest BCUT2D eigenvalue weighted by molar-refractivity contribution is -0.125. The van der Waals surface area contributed by atoms with Gasteiger partial charge in [-0.15, -0.1) is 4.83 Å². The second-order valence-electron chi connectivity index (χ2n) is 5.35. The molecule has 1 aliphatic rings. The number of carbonyl (C=O) groups excluding carboxylic acids is 2. The summed E-state index contributed by atoms with van der Waals surface area (Å²) in [4.78, 5) is 26.8. The summed E-state index contributed by atoms with van der Waals surface area (Å²) >= 11 is 0. The molecule has 0 saturated carbocycles. The van der Waals surface area contributed by atoms with Crippen LogP contribution in [-0.4, -0.2) is 33.4 Å². The fourth-order valence-electron chi connectivity index (χ4n) is 2.33. The highest BCUT2D eigenvalue weighted by molar-refractivity contribution is 7.89. The zero-order valence-corrected chi connectivity index (χ0v) is 14.1. The van der Waals surface area contributed by atoms with E-state index in [0.29, 0.717) is 11.4 Å². The maximum atomic E-state index is 13.2. The lowest BCUT2D eigenvalue weighted by Gasteiger charge is -2.28. The molecule has 0 aromatic heterocycles. The molecule has 26 heavy (non-hydrogen) atoms. The number of rotatable bonds is 5. The first-order chi connectivity index (χ1) is 12.4. The monoisotopic (exact) mass is 379 g/mol. The van der Waals surface area contributed by atoms with Crippen LogP contribution in [0.4, 0.5) is 10.1 Å². The Kier molecular flexibility index (Phi) is 4.87. The van der Waals surface area contributed by atoms with Crippen molar-refractivity contribution in [2.75, 3.05) is 18.1 Å². The van der Waals surface area contributed by atoms with Gasteiger partial charge < -0.3 is 4.74 Å². The minimum absolute atomic E-state index is 0.223. The number of nitrogens with one attached hydrogen (secondary N) is 2. The Hall–Kier alpha value is -2.98. The van der Waals surface area contributed by atoms with Crippen molar-refractivity contribution < 1.29 is 27.1 Å². The van der Waals surface area contributed by atoms with Crippen molar-refractivity contribution in [1.82, 2.24) is 10.3 Å². The summed E-state index contributed by atoms with van der Waals surface area (Å²) in [5, 5.41) is 0. The predicted octanol–water partition coefficient (Wildman–Crippen LogP) is 0.561. The van der Waals surface area contributed by atoms with E-state index >= 15 is 0 Å². The summed E-state index contributed by atoms with van der Waals surface area (Å²) in [6, 6.07) is 11.0. The second kappa shape index (κ2) is 7.10. The van der Waals surface area contributed by atoms with Gasteiger partial charge in [-0.2, -0.15) is 0 Å². The van der Waals surface area contributed by atoms with Gasteiger partial charge in [-0.3, -0.25) is 19.9 Å². The van der Waals surface area contributed by atoms with E-state index in [-0.39, 0.29) is 11.5 Å². The van der Waals surface area contributed by atoms with E-state index in [2.05, 4.69) is 0 Å². The molecule has 2 amide bonds. The van der Waals surface area contributed by atoms with Crippen molar-refractivity contribution in [2.24, 2.45) is 0 Å². The Labute approximate surface area is 148 Å². The molecule has 0 atom stereocenters. The first kappa shape index (κ1) is 17.8. The number of carbonyl (C=O) groups is 2. The van der Waals surface area contributed by atoms with E-state index in [1.165, 1.54) is 17.0 Å². The lowest BCUT2D eigenvalue weighted by atomic mass is 10.2. The lowest BCUT2D eigenvalue weighted by Crippen LogP contribution is -2.49. The fourth-order valence-corrected chi connectivity index (χ4v) is 3.22. The average Bonchev–Trinajstić information content (AvgIpc) is 2.62. The molecule has 0 spiro atoms. The topological polar surface area (TPSA) is 105 Å². The number of para-hydroxylation sites is 2. The third-order valence-corrected chi connectivity index (χ3v) is 4.79. The number of sulfonamides is 1. The number of ether oxygens (including phenoxy) is 1. The smallest absolute Gasteiger partial charge is 0.265 e. The Morgan fingerprint density at radius 1 is 1.19 bits per heavy atom. The van der Waals surface area contributed by atoms with Crippen LogP contribution in [-0.2, 0) is 19.6 Å². The molecule has 0 saturated heterocycles. The van der Waals surface area contributed by atoms with Crippen LogP contribution in [0, 0.1) is 5.82 Å². The van der Waals surface area contributed by atoms with Crippen LogP contribution in [0.2, 0.25) is 0 Å². The Morgan fingerprint density at radius 3 is 2.73 bits per heavy atom. The van der Waals surface area contributed by atoms with E-state index in [4.69, 9.17) is 4.74 Å². The minimum atomic E-state index is -4.14. The van der Waals surface area contributed by atoms with E-state index in [0.717, 1.165) is 12.1 Å². The molecule has 10 heteroatoms. The average molecular weight is 379 g/mol. The minimum Gasteiger partial charge on any atom is -0.482 e. The Balaban J connectivity index is 1.67. The molecule has 1 heterocycles. The summed E-state index contributed by atoms with van der Waals surface area (Å²) in [5.74, 6) is -1.49. The molecule has 2 aromatic carbocycles. The van der Waals surface area contributed by atoms with Gasteiger partial charge in [0.25, 0.3) is 21.8 Å². The van der Waals surface area contributed by atoms with Gasteiger partial charge in [-0.05, 0) is 30.3 Å². The van der Waals surface area contributed by atoms with E-state index in [9.17, 15) is 22.4 Å². The van der Waals surface area contributed by atoms with Gasteiger partial charge in [-0.25, -0.2) is 12.8 Å². The quantitative estimate of drug-likeness (QED) is 0.739. The summed E-state index contributed by atoms with van der Waals surface area (Å²) in [5.41, 5.74) is 2.41. The van der Waals surface area contributed by atoms with Gasteiger partial charge in [0.15, 0.2) is 6.61 Å². The zero-order valence-electron chi connectivity index (χ0n) is 13.3. The van der Waals surface area contributed by atoms with Gasteiger partial charge in [-0.1, -0.05) is 18.2 Å². The third-order valence-electron chi connectivity index (χ3n) is 3.54. The van der Waals surface area contributed by atoms with Crippen LogP contribution in [0.5, 0.6) is 5.75 Å². The van der Waals surface area contributed by atoms with Gasteiger partial charge in [0.2, 0.25) is 0 Å². The highest BCUT2D eigenvalue weighted by Gasteiger charge is 2.27. The van der Waals surface area contributed by atoms with Crippen LogP contribution in [0.25, 0.3) is 0 Å². The van der Waals surface area contributed by atoms with Crippen molar-refractivity contribution in [3.8, 4) is 5.75 Å². The molecule has 0 bridgehead atoms. The Morgan fingerprint density at radius 2 is 1.96 bits per heavy atom. The Bertz CT molecular complexity index is 964. The number of hydrogen-bond donors (Lipinski definition) is 2. The first-order valence-electron chi connectivity index (χ1n) is 7.45. The number of fused-ring (bicyclic) bond motifs is 1. The van der Waals surface area contributed by atoms with Crippen LogP contribution >= 0.6 is 0 Å². The van der Waals surface area contributed by atoms with Crippen LogP contribution in [0.3, 0.4) is 0 Å². The van der Waals surface area contributed by atoms with Crippen molar-refractivity contribution in [2.45, 2.75) is 4.90 Å². The van der Waals surface area contributed by atoms with Crippen molar-refractivity contribution in [3.63, 3.8) is 0 Å². The molecule has 0 radical (unpaired) electrons. The molecular weight excluding hydrogens is 365 g/mol. The maximum absolute atomic E-state index is 13.2. The highest BCUT2D eigenvalue weighted by atomic mass is 32.2. The SMILES string of the molecule is O=C(CN1C(=O)COc2ccccc21)NNS(=O)(=O)c1cccc(F)c1. The van der Waals surface area contributed by atoms with Crippen molar-refractivity contribution >= 4 is 27.5 Å². The van der Waals surface area contributed by atoms with E-state index in [1.54, 1.807) is 24.3 Å². The standard InChI is InChI=1S/C16H14FN3O5S/c17-11-4-3-5-12(8-11)26(23,24)19-18-15(21)9-20-13-6-1-2-7-14(13)25-10-16(20)22/h1-8,19H,9-10H2,(H,18,21). The number of halogens is 1. The van der Waals surface area contributed by atoms with Crippen LogP contribution in [0.15, 0.2) is 53.4 Å². The number of hydrogen-bond acceptors (Lipinski definition) is 5. The molecule has 3 rings (SSSR count). The van der Waals surface area contributed by atoms with Gasteiger partial charge in [0.1, 0.15) is 18.1 Å². The van der Waals surface area contributed by atoms with E-state index < -0.39 is 34.2 Å². The number of benzene rings is 2. The van der Waals surface area contributed by atoms with Gasteiger partial charge in [0, 0.05) is 0 Å². The summed E-state index contributed by atoms with van der Waals surface area (Å²) < 4.78 is 42.5. The maximum Gasteiger partial charge on any atom is 0.265 e. The molecule has 2 N–H and O–H groups in total. The summed E-state index contributed by atoms with van der Waals surface area (Å²) in [7, 11) is -4.14. The van der Waals surface area contributed by atoms with Gasteiger partial charge >= 0.3 is 0 Å². The molecular formula is C16H14FN3O5S. The predicted molar refractivity (Wildman–Crippen MR) is 89.2 cm³/mol. The molecule has 0 aliphatic carbocycles. The van der Waals surface area contributed by atoms with Crippen LogP contribution in [0.1, 0.15) is 0 Å². The summed E-state index contributed by atoms with van der Waals surface area (Å²) in [6.07, 6.45) is 0. The second-order valence-corrected chi connectivity index (χ2v) is 7.03. The number of nitrogens with zero attached hydrogens (tertiary/aromatic N) is 1. The van der Waals surface area contributed by atoms with Crippen LogP contribution < -0.4 is 19.9 Å². The first-order valence-corrected chi connectivity index (χ1v) is 8.93. The molecule has 0 fully saturated rings. The van der Waals surface area contributed by atoms with Gasteiger partial charge in [0.05, 0.1) is 10.6 Å². The normalized spacial score (nSPS) is 13.7. The van der Waals surface area contributed by atoms with Crippen molar-refractivity contribution in [1.29, 1.82) is 0 Å². The molecule has 2 aromatic rings. The van der Waals surface area contributed by atoms with E-state index in [1.807, 2.05) is 10.3 Å². The zero-order chi connectivity index (χ0) is 18.7. The molecule has 8 nitrogen and oxygen atoms in total. The molecule has 136 valence electrons. The number of hydrazine groups is 1. The fraction of sp³-hybridized carbons (Fsp3) is 0.125. The largest absolute Gasteiger partial charge is 0.482 e. The van der Waals surface area contributed by atoms with Crippen molar-refractivity contribution in [3.05, 3.63) is 54.3 Å². The summed E-state index contributed by atoms with van der Waals surface area (Å²) in [6.45, 7) is -0.635. The molecule has 0 unspecified atom stereocenters. The number of amides is 2.